The average Bonchev–Trinajstić information content (AvgIpc) is 2.89. The highest BCUT2D eigenvalue weighted by Crippen LogP contribution is 2.63. The molecule has 0 fully saturated rings. The third-order valence-electron chi connectivity index (χ3n) is 7.87. The maximum atomic E-state index is 6.51. The van der Waals surface area contributed by atoms with Gasteiger partial charge in [0.2, 0.25) is 0 Å². The fourth-order valence-corrected chi connectivity index (χ4v) is 7.33. The van der Waals surface area contributed by atoms with Gasteiger partial charge in [-0.2, -0.15) is 0 Å². The molecule has 2 heterocycles. The third-order valence-corrected chi connectivity index (χ3v) is 8.86. The quantitative estimate of drug-likeness (QED) is 0.181. The van der Waals surface area contributed by atoms with Gasteiger partial charge in [-0.1, -0.05) is 98.1 Å². The Morgan fingerprint density at radius 1 is 0.579 bits per heavy atom. The summed E-state index contributed by atoms with van der Waals surface area (Å²) in [6, 6.07) is 35.0. The molecule has 2 aliphatic rings. The van der Waals surface area contributed by atoms with Crippen LogP contribution in [-0.2, 0) is 5.41 Å². The van der Waals surface area contributed by atoms with Crippen LogP contribution in [0.15, 0.2) is 106 Å². The summed E-state index contributed by atoms with van der Waals surface area (Å²) >= 11 is 7.62. The Hall–Kier alpha value is -3.34. The lowest BCUT2D eigenvalue weighted by Crippen LogP contribution is -2.40. The molecule has 0 unspecified atom stereocenters. The van der Waals surface area contributed by atoms with Gasteiger partial charge < -0.3 is 9.64 Å². The van der Waals surface area contributed by atoms with Crippen LogP contribution >= 0.6 is 31.9 Å². The number of hydrogen-bond acceptors (Lipinski definition) is 2. The van der Waals surface area contributed by atoms with Crippen molar-refractivity contribution in [3.8, 4) is 11.5 Å². The number of halogens is 2. The van der Waals surface area contributed by atoms with Crippen LogP contribution in [0, 0.1) is 20.8 Å². The maximum absolute atomic E-state index is 6.51. The standard InChI is InChI=1S/C34H25Br2NO/c1-20-16-21(2)33(22(3)17-20)37-29-18-23(35)12-14-25(29)34(26-15-13-24(36)19-30(26)37)27-8-4-6-10-31(27)38-32-11-7-5-9-28(32)34/h4-19H,1-3H3. The monoisotopic (exact) mass is 621 g/mol. The van der Waals surface area contributed by atoms with E-state index in [4.69, 9.17) is 4.74 Å². The lowest BCUT2D eigenvalue weighted by atomic mass is 9.61. The van der Waals surface area contributed by atoms with E-state index in [-0.39, 0.29) is 0 Å². The normalized spacial score (nSPS) is 14.3. The molecule has 0 N–H and O–H groups in total. The lowest BCUT2D eigenvalue weighted by Gasteiger charge is -2.49. The molecule has 0 radical (unpaired) electrons. The zero-order chi connectivity index (χ0) is 26.2. The number of ether oxygens (including phenoxy) is 1. The Kier molecular flexibility index (Phi) is 5.37. The number of benzene rings is 5. The Morgan fingerprint density at radius 3 is 1.55 bits per heavy atom. The molecular weight excluding hydrogens is 598 g/mol. The molecule has 0 aromatic heterocycles. The van der Waals surface area contributed by atoms with Crippen LogP contribution in [0.2, 0.25) is 0 Å². The molecule has 0 saturated carbocycles. The smallest absolute Gasteiger partial charge is 0.132 e. The number of aryl methyl sites for hydroxylation is 3. The number of anilines is 3. The first-order valence-electron chi connectivity index (χ1n) is 12.7. The number of fused-ring (bicyclic) bond motifs is 8. The Labute approximate surface area is 240 Å². The van der Waals surface area contributed by atoms with E-state index in [2.05, 4.69) is 155 Å². The Balaban J connectivity index is 1.69. The fraction of sp³-hybridized carbons (Fsp3) is 0.118. The van der Waals surface area contributed by atoms with E-state index >= 15 is 0 Å². The van der Waals surface area contributed by atoms with Gasteiger partial charge in [0, 0.05) is 20.1 Å². The van der Waals surface area contributed by atoms with Gasteiger partial charge in [-0.15, -0.1) is 0 Å². The van der Waals surface area contributed by atoms with E-state index in [0.717, 1.165) is 42.9 Å². The number of para-hydroxylation sites is 2. The first kappa shape index (κ1) is 23.8. The van der Waals surface area contributed by atoms with E-state index < -0.39 is 5.41 Å². The SMILES string of the molecule is Cc1cc(C)c(N2c3cc(Br)ccc3C3(c4ccccc4Oc4ccccc43)c3ccc(Br)cc32)c(C)c1. The summed E-state index contributed by atoms with van der Waals surface area (Å²) in [6.45, 7) is 6.60. The minimum absolute atomic E-state index is 0.541. The van der Waals surface area contributed by atoms with Crippen molar-refractivity contribution in [3.05, 3.63) is 145 Å². The molecule has 38 heavy (non-hydrogen) atoms. The molecule has 1 spiro atoms. The van der Waals surface area contributed by atoms with Crippen molar-refractivity contribution < 1.29 is 4.74 Å². The lowest BCUT2D eigenvalue weighted by molar-refractivity contribution is 0.434. The van der Waals surface area contributed by atoms with Gasteiger partial charge in [-0.3, -0.25) is 0 Å². The zero-order valence-corrected chi connectivity index (χ0v) is 24.5. The maximum Gasteiger partial charge on any atom is 0.132 e. The molecule has 5 aromatic carbocycles. The van der Waals surface area contributed by atoms with Crippen LogP contribution in [-0.4, -0.2) is 0 Å². The highest BCUT2D eigenvalue weighted by atomic mass is 79.9. The molecule has 0 amide bonds. The molecule has 5 aromatic rings. The summed E-state index contributed by atoms with van der Waals surface area (Å²) in [7, 11) is 0. The third kappa shape index (κ3) is 3.23. The molecule has 0 aliphatic carbocycles. The predicted octanol–water partition coefficient (Wildman–Crippen LogP) is 10.4. The summed E-state index contributed by atoms with van der Waals surface area (Å²) in [5, 5.41) is 0. The van der Waals surface area contributed by atoms with Crippen molar-refractivity contribution in [3.63, 3.8) is 0 Å². The summed E-state index contributed by atoms with van der Waals surface area (Å²) in [4.78, 5) is 2.45. The molecule has 0 bridgehead atoms. The summed E-state index contributed by atoms with van der Waals surface area (Å²) in [5.74, 6) is 1.79. The van der Waals surface area contributed by atoms with Crippen molar-refractivity contribution in [2.75, 3.05) is 4.90 Å². The molecule has 2 aliphatic heterocycles. The van der Waals surface area contributed by atoms with Crippen LogP contribution in [0.4, 0.5) is 17.1 Å². The Morgan fingerprint density at radius 2 is 1.05 bits per heavy atom. The Bertz CT molecular complexity index is 1650. The predicted molar refractivity (Wildman–Crippen MR) is 163 cm³/mol. The molecule has 0 saturated heterocycles. The van der Waals surface area contributed by atoms with E-state index in [9.17, 15) is 0 Å². The molecule has 4 heteroatoms. The second-order valence-corrected chi connectivity index (χ2v) is 12.1. The fourth-order valence-electron chi connectivity index (χ4n) is 6.63. The minimum Gasteiger partial charge on any atom is -0.457 e. The van der Waals surface area contributed by atoms with Crippen molar-refractivity contribution in [1.29, 1.82) is 0 Å². The van der Waals surface area contributed by atoms with Gasteiger partial charge in [-0.05, 0) is 79.4 Å². The molecule has 186 valence electrons. The van der Waals surface area contributed by atoms with Gasteiger partial charge in [0.25, 0.3) is 0 Å². The molecule has 2 nitrogen and oxygen atoms in total. The number of nitrogens with zero attached hydrogens (tertiary/aromatic N) is 1. The van der Waals surface area contributed by atoms with Crippen molar-refractivity contribution in [2.45, 2.75) is 26.2 Å². The highest BCUT2D eigenvalue weighted by Gasteiger charge is 2.51. The van der Waals surface area contributed by atoms with Gasteiger partial charge in [0.15, 0.2) is 0 Å². The van der Waals surface area contributed by atoms with Gasteiger partial charge in [-0.25, -0.2) is 0 Å². The van der Waals surface area contributed by atoms with Crippen LogP contribution in [0.5, 0.6) is 11.5 Å². The zero-order valence-electron chi connectivity index (χ0n) is 21.3. The second-order valence-electron chi connectivity index (χ2n) is 10.3. The molecular formula is C34H25Br2NO. The minimum atomic E-state index is -0.541. The number of hydrogen-bond donors (Lipinski definition) is 0. The number of rotatable bonds is 1. The summed E-state index contributed by atoms with van der Waals surface area (Å²) in [5.41, 5.74) is 11.6. The van der Waals surface area contributed by atoms with Crippen LogP contribution < -0.4 is 9.64 Å². The van der Waals surface area contributed by atoms with Gasteiger partial charge >= 0.3 is 0 Å². The van der Waals surface area contributed by atoms with E-state index in [0.29, 0.717) is 0 Å². The van der Waals surface area contributed by atoms with Crippen LogP contribution in [0.1, 0.15) is 38.9 Å². The van der Waals surface area contributed by atoms with Crippen LogP contribution in [0.25, 0.3) is 0 Å². The van der Waals surface area contributed by atoms with Gasteiger partial charge in [0.05, 0.1) is 22.5 Å². The van der Waals surface area contributed by atoms with E-state index in [1.54, 1.807) is 0 Å². The second kappa shape index (κ2) is 8.59. The van der Waals surface area contributed by atoms with Crippen molar-refractivity contribution in [2.24, 2.45) is 0 Å². The average molecular weight is 623 g/mol. The topological polar surface area (TPSA) is 12.5 Å². The first-order valence-corrected chi connectivity index (χ1v) is 14.3. The molecule has 0 atom stereocenters. The first-order chi connectivity index (χ1) is 18.4. The van der Waals surface area contributed by atoms with Gasteiger partial charge in [0.1, 0.15) is 11.5 Å². The van der Waals surface area contributed by atoms with E-state index in [1.165, 1.54) is 33.5 Å². The van der Waals surface area contributed by atoms with Crippen molar-refractivity contribution >= 4 is 48.9 Å². The summed E-state index contributed by atoms with van der Waals surface area (Å²) < 4.78 is 8.61. The molecule has 7 rings (SSSR count). The highest BCUT2D eigenvalue weighted by molar-refractivity contribution is 9.10. The van der Waals surface area contributed by atoms with Crippen molar-refractivity contribution in [1.82, 2.24) is 0 Å². The largest absolute Gasteiger partial charge is 0.457 e. The summed E-state index contributed by atoms with van der Waals surface area (Å²) in [6.07, 6.45) is 0. The van der Waals surface area contributed by atoms with E-state index in [1.807, 2.05) is 0 Å². The van der Waals surface area contributed by atoms with Crippen LogP contribution in [0.3, 0.4) is 0 Å².